The van der Waals surface area contributed by atoms with E-state index in [1.807, 2.05) is 42.5 Å². The Kier molecular flexibility index (Phi) is 8.59. The number of nitrogens with one attached hydrogen (secondary N) is 1. The van der Waals surface area contributed by atoms with Crippen LogP contribution in [0.3, 0.4) is 0 Å². The summed E-state index contributed by atoms with van der Waals surface area (Å²) < 4.78 is 18.8. The molecule has 1 aliphatic rings. The van der Waals surface area contributed by atoms with E-state index in [1.165, 1.54) is 25.4 Å². The molecule has 0 bridgehead atoms. The van der Waals surface area contributed by atoms with Gasteiger partial charge in [-0.05, 0) is 83.1 Å². The van der Waals surface area contributed by atoms with Crippen molar-refractivity contribution in [1.29, 1.82) is 0 Å². The first-order valence-corrected chi connectivity index (χ1v) is 14.7. The fourth-order valence-corrected chi connectivity index (χ4v) is 6.46. The molecule has 0 radical (unpaired) electrons. The zero-order valence-corrected chi connectivity index (χ0v) is 26.1. The number of hydrogen-bond acceptors (Lipinski definition) is 8. The number of hydrogen-bond donors (Lipinski definition) is 1. The predicted octanol–water partition coefficient (Wildman–Crippen LogP) is 4.42. The van der Waals surface area contributed by atoms with Gasteiger partial charge in [-0.1, -0.05) is 41.7 Å². The van der Waals surface area contributed by atoms with Gasteiger partial charge in [-0.2, -0.15) is 0 Å². The number of para-hydroxylation sites is 1. The van der Waals surface area contributed by atoms with E-state index in [0.717, 1.165) is 0 Å². The molecule has 0 fully saturated rings. The first kappa shape index (κ1) is 29.3. The van der Waals surface area contributed by atoms with E-state index >= 15 is 0 Å². The van der Waals surface area contributed by atoms with Crippen molar-refractivity contribution in [3.05, 3.63) is 112 Å². The van der Waals surface area contributed by atoms with Crippen molar-refractivity contribution in [3.8, 4) is 17.2 Å². The van der Waals surface area contributed by atoms with Gasteiger partial charge in [0.15, 0.2) is 16.3 Å². The number of ether oxygens (including phenoxy) is 3. The minimum Gasteiger partial charge on any atom is -0.497 e. The Morgan fingerprint density at radius 1 is 1.05 bits per heavy atom. The number of fused-ring (bicyclic) bond motifs is 1. The third-order valence-corrected chi connectivity index (χ3v) is 8.29. The number of nitrogens with zero attached hydrogens (tertiary/aromatic N) is 2. The van der Waals surface area contributed by atoms with Crippen LogP contribution in [0.25, 0.3) is 6.08 Å². The van der Waals surface area contributed by atoms with Crippen LogP contribution in [-0.2, 0) is 9.59 Å². The highest BCUT2D eigenvalue weighted by molar-refractivity contribution is 14.1. The fraction of sp³-hybridized carbons (Fsp3) is 0.161. The van der Waals surface area contributed by atoms with Crippen LogP contribution in [0.5, 0.6) is 17.2 Å². The van der Waals surface area contributed by atoms with Gasteiger partial charge >= 0.3 is 5.97 Å². The van der Waals surface area contributed by atoms with Crippen molar-refractivity contribution in [2.45, 2.75) is 19.9 Å². The molecule has 9 nitrogen and oxygen atoms in total. The third-order valence-electron chi connectivity index (χ3n) is 6.50. The van der Waals surface area contributed by atoms with Crippen molar-refractivity contribution < 1.29 is 23.8 Å². The molecule has 4 aromatic rings. The van der Waals surface area contributed by atoms with Crippen LogP contribution in [0.1, 0.15) is 31.0 Å². The molecule has 5 rings (SSSR count). The van der Waals surface area contributed by atoms with Crippen LogP contribution in [0.15, 0.2) is 87.8 Å². The lowest BCUT2D eigenvalue weighted by Crippen LogP contribution is -2.40. The lowest BCUT2D eigenvalue weighted by Gasteiger charge is -2.25. The maximum absolute atomic E-state index is 14.0. The maximum Gasteiger partial charge on any atom is 0.308 e. The molecule has 1 N–H and O–H groups in total. The van der Waals surface area contributed by atoms with Crippen LogP contribution in [0, 0.1) is 3.57 Å². The number of halogens is 1. The Bertz CT molecular complexity index is 1910. The Balaban J connectivity index is 1.67. The second kappa shape index (κ2) is 12.3. The van der Waals surface area contributed by atoms with Crippen LogP contribution in [0.2, 0.25) is 0 Å². The van der Waals surface area contributed by atoms with Gasteiger partial charge in [-0.3, -0.25) is 19.0 Å². The largest absolute Gasteiger partial charge is 0.497 e. The van der Waals surface area contributed by atoms with Gasteiger partial charge < -0.3 is 19.5 Å². The lowest BCUT2D eigenvalue weighted by molar-refractivity contribution is -0.132. The molecule has 0 saturated carbocycles. The predicted molar refractivity (Wildman–Crippen MR) is 169 cm³/mol. The zero-order valence-electron chi connectivity index (χ0n) is 23.1. The van der Waals surface area contributed by atoms with Gasteiger partial charge in [0.1, 0.15) is 5.75 Å². The SMILES string of the molecule is COc1cccc([C@H]2C(C(=O)Nc3ccccc3)=C(C)N=c3s/c(=C\c4cc(I)c(OC(C)=O)c(OC)c4)c(=O)n32)c1. The fourth-order valence-electron chi connectivity index (χ4n) is 4.68. The lowest BCUT2D eigenvalue weighted by atomic mass is 9.95. The number of benzene rings is 3. The summed E-state index contributed by atoms with van der Waals surface area (Å²) in [4.78, 5) is 44.5. The maximum atomic E-state index is 14.0. The van der Waals surface area contributed by atoms with Crippen molar-refractivity contribution in [2.24, 2.45) is 4.99 Å². The van der Waals surface area contributed by atoms with E-state index in [-0.39, 0.29) is 11.5 Å². The Labute approximate surface area is 258 Å². The topological polar surface area (TPSA) is 108 Å². The molecule has 1 aliphatic heterocycles. The summed E-state index contributed by atoms with van der Waals surface area (Å²) in [5.41, 5.74) is 2.57. The second-order valence-electron chi connectivity index (χ2n) is 9.31. The highest BCUT2D eigenvalue weighted by Crippen LogP contribution is 2.35. The molecule has 1 atom stereocenters. The Morgan fingerprint density at radius 3 is 2.50 bits per heavy atom. The highest BCUT2D eigenvalue weighted by atomic mass is 127. The zero-order chi connectivity index (χ0) is 30.0. The van der Waals surface area contributed by atoms with Gasteiger partial charge in [-0.25, -0.2) is 4.99 Å². The quantitative estimate of drug-likeness (QED) is 0.174. The summed E-state index contributed by atoms with van der Waals surface area (Å²) in [6, 6.07) is 19.2. The van der Waals surface area contributed by atoms with E-state index in [4.69, 9.17) is 19.2 Å². The van der Waals surface area contributed by atoms with E-state index in [1.54, 1.807) is 48.9 Å². The Hall–Kier alpha value is -4.23. The van der Waals surface area contributed by atoms with Crippen molar-refractivity contribution in [2.75, 3.05) is 19.5 Å². The number of carbonyl (C=O) groups excluding carboxylic acids is 2. The van der Waals surface area contributed by atoms with Gasteiger partial charge in [0, 0.05) is 12.6 Å². The van der Waals surface area contributed by atoms with Crippen molar-refractivity contribution >= 4 is 57.6 Å². The second-order valence-corrected chi connectivity index (χ2v) is 11.5. The van der Waals surface area contributed by atoms with E-state index in [2.05, 4.69) is 27.9 Å². The molecular formula is C31H26IN3O6S. The summed E-state index contributed by atoms with van der Waals surface area (Å²) in [5.74, 6) is 0.451. The molecular weight excluding hydrogens is 669 g/mol. The number of esters is 1. The van der Waals surface area contributed by atoms with Crippen LogP contribution in [0.4, 0.5) is 5.69 Å². The summed E-state index contributed by atoms with van der Waals surface area (Å²) in [7, 11) is 3.05. The smallest absolute Gasteiger partial charge is 0.308 e. The molecule has 11 heteroatoms. The summed E-state index contributed by atoms with van der Waals surface area (Å²) >= 11 is 3.28. The number of amides is 1. The highest BCUT2D eigenvalue weighted by Gasteiger charge is 2.32. The molecule has 0 unspecified atom stereocenters. The number of carbonyl (C=O) groups is 2. The summed E-state index contributed by atoms with van der Waals surface area (Å²) in [6.45, 7) is 3.09. The first-order valence-electron chi connectivity index (χ1n) is 12.8. The van der Waals surface area contributed by atoms with Gasteiger partial charge in [0.2, 0.25) is 0 Å². The van der Waals surface area contributed by atoms with Gasteiger partial charge in [-0.15, -0.1) is 0 Å². The summed E-state index contributed by atoms with van der Waals surface area (Å²) in [6.07, 6.45) is 1.73. The molecule has 214 valence electrons. The molecule has 0 saturated heterocycles. The van der Waals surface area contributed by atoms with Crippen LogP contribution >= 0.6 is 33.9 Å². The average Bonchev–Trinajstić information content (AvgIpc) is 3.27. The standard InChI is InChI=1S/C31H26IN3O6S/c1-17-26(29(37)34-21-10-6-5-7-11-21)27(20-9-8-12-22(16-20)39-3)35-30(38)25(42-31(35)33-17)15-19-13-23(32)28(41-18(2)36)24(14-19)40-4/h5-16,27H,1-4H3,(H,34,37)/b25-15-/t27-/m0/s1. The third kappa shape index (κ3) is 5.88. The van der Waals surface area contributed by atoms with Crippen molar-refractivity contribution in [1.82, 2.24) is 4.57 Å². The number of thiazole rings is 1. The van der Waals surface area contributed by atoms with Crippen LogP contribution < -0.4 is 34.4 Å². The minimum absolute atomic E-state index is 0.304. The van der Waals surface area contributed by atoms with E-state index in [0.29, 0.717) is 58.2 Å². The number of allylic oxidation sites excluding steroid dienone is 1. The minimum atomic E-state index is -0.747. The van der Waals surface area contributed by atoms with E-state index < -0.39 is 12.0 Å². The molecule has 42 heavy (non-hydrogen) atoms. The Morgan fingerprint density at radius 2 is 1.81 bits per heavy atom. The van der Waals surface area contributed by atoms with E-state index in [9.17, 15) is 14.4 Å². The number of rotatable bonds is 7. The number of methoxy groups -OCH3 is 2. The molecule has 0 spiro atoms. The van der Waals surface area contributed by atoms with Gasteiger partial charge in [0.25, 0.3) is 11.5 Å². The average molecular weight is 696 g/mol. The molecule has 1 aromatic heterocycles. The van der Waals surface area contributed by atoms with Gasteiger partial charge in [0.05, 0.1) is 39.6 Å². The monoisotopic (exact) mass is 695 g/mol. The summed E-state index contributed by atoms with van der Waals surface area (Å²) in [5, 5.41) is 2.95. The first-order chi connectivity index (χ1) is 20.2. The molecule has 2 heterocycles. The molecule has 3 aromatic carbocycles. The van der Waals surface area contributed by atoms with Crippen LogP contribution in [-0.4, -0.2) is 30.7 Å². The number of anilines is 1. The molecule has 0 aliphatic carbocycles. The van der Waals surface area contributed by atoms with Crippen molar-refractivity contribution in [3.63, 3.8) is 0 Å². The molecule has 1 amide bonds. The number of aromatic nitrogens is 1. The normalized spacial score (nSPS) is 14.6.